The van der Waals surface area contributed by atoms with Gasteiger partial charge in [-0.05, 0) is 66.2 Å². The van der Waals surface area contributed by atoms with Crippen LogP contribution in [0.4, 0.5) is 18.9 Å². The lowest BCUT2D eigenvalue weighted by Crippen LogP contribution is -2.13. The van der Waals surface area contributed by atoms with Gasteiger partial charge in [0.05, 0.1) is 16.1 Å². The molecule has 7 heteroatoms. The van der Waals surface area contributed by atoms with E-state index in [0.29, 0.717) is 15.8 Å². The number of nitrogens with one attached hydrogen (secondary N) is 1. The summed E-state index contributed by atoms with van der Waals surface area (Å²) in [7, 11) is 0. The predicted molar refractivity (Wildman–Crippen MR) is 89.3 cm³/mol. The first-order chi connectivity index (χ1) is 11.2. The van der Waals surface area contributed by atoms with Crippen molar-refractivity contribution in [1.29, 1.82) is 0 Å². The molecule has 1 N–H and O–H groups in total. The number of benzene rings is 2. The Morgan fingerprint density at radius 2 is 1.88 bits per heavy atom. The predicted octanol–water partition coefficient (Wildman–Crippen LogP) is 5.51. The molecule has 0 saturated heterocycles. The van der Waals surface area contributed by atoms with Gasteiger partial charge in [0, 0.05) is 11.3 Å². The molecule has 0 atom stereocenters. The number of halogens is 4. The molecule has 128 valence electrons. The first-order valence-corrected chi connectivity index (χ1v) is 7.91. The molecule has 24 heavy (non-hydrogen) atoms. The quantitative estimate of drug-likeness (QED) is 0.733. The molecule has 0 aliphatic rings. The van der Waals surface area contributed by atoms with E-state index in [9.17, 15) is 18.0 Å². The van der Waals surface area contributed by atoms with Crippen LogP contribution >= 0.6 is 15.9 Å². The van der Waals surface area contributed by atoms with E-state index < -0.39 is 17.6 Å². The zero-order chi connectivity index (χ0) is 17.9. The lowest BCUT2D eigenvalue weighted by atomic mass is 10.1. The summed E-state index contributed by atoms with van der Waals surface area (Å²) in [6.07, 6.45) is -4.48. The van der Waals surface area contributed by atoms with Gasteiger partial charge in [-0.25, -0.2) is 0 Å². The minimum Gasteiger partial charge on any atom is -0.490 e. The topological polar surface area (TPSA) is 38.3 Å². The SMILES string of the molecule is CC(C)Oc1ccc(C(=O)Nc2cccc(C(F)(F)F)c2)cc1Br. The van der Waals surface area contributed by atoms with E-state index in [1.165, 1.54) is 12.1 Å². The van der Waals surface area contributed by atoms with Crippen LogP contribution in [-0.2, 0) is 6.18 Å². The fraction of sp³-hybridized carbons (Fsp3) is 0.235. The van der Waals surface area contributed by atoms with Crippen molar-refractivity contribution in [3.63, 3.8) is 0 Å². The number of hydrogen-bond donors (Lipinski definition) is 1. The number of carbonyl (C=O) groups excluding carboxylic acids is 1. The lowest BCUT2D eigenvalue weighted by Gasteiger charge is -2.13. The molecule has 2 aromatic carbocycles. The minimum absolute atomic E-state index is 0.0221. The summed E-state index contributed by atoms with van der Waals surface area (Å²) in [6.45, 7) is 3.75. The minimum atomic E-state index is -4.46. The van der Waals surface area contributed by atoms with Gasteiger partial charge in [0.25, 0.3) is 5.91 Å². The lowest BCUT2D eigenvalue weighted by molar-refractivity contribution is -0.137. The first kappa shape index (κ1) is 18.3. The van der Waals surface area contributed by atoms with Crippen LogP contribution in [0.2, 0.25) is 0 Å². The normalized spacial score (nSPS) is 11.5. The van der Waals surface area contributed by atoms with Crippen LogP contribution in [0.1, 0.15) is 29.8 Å². The fourth-order valence-electron chi connectivity index (χ4n) is 1.97. The molecule has 0 aromatic heterocycles. The van der Waals surface area contributed by atoms with Gasteiger partial charge in [0.1, 0.15) is 5.75 Å². The van der Waals surface area contributed by atoms with Gasteiger partial charge in [-0.15, -0.1) is 0 Å². The molecule has 0 heterocycles. The Morgan fingerprint density at radius 1 is 1.17 bits per heavy atom. The highest BCUT2D eigenvalue weighted by Crippen LogP contribution is 2.31. The standard InChI is InChI=1S/C17H15BrF3NO2/c1-10(2)24-15-7-6-11(8-14(15)18)16(23)22-13-5-3-4-12(9-13)17(19,20)21/h3-10H,1-2H3,(H,22,23). The summed E-state index contributed by atoms with van der Waals surface area (Å²) in [5.74, 6) is 0.0757. The molecular weight excluding hydrogens is 387 g/mol. The Kier molecular flexibility index (Phi) is 5.54. The zero-order valence-electron chi connectivity index (χ0n) is 12.9. The first-order valence-electron chi connectivity index (χ1n) is 7.11. The maximum atomic E-state index is 12.7. The summed E-state index contributed by atoms with van der Waals surface area (Å²) >= 11 is 3.31. The molecule has 0 unspecified atom stereocenters. The average Bonchev–Trinajstić information content (AvgIpc) is 2.48. The van der Waals surface area contributed by atoms with E-state index in [0.717, 1.165) is 12.1 Å². The number of carbonyl (C=O) groups is 1. The van der Waals surface area contributed by atoms with E-state index in [4.69, 9.17) is 4.74 Å². The third-order valence-electron chi connectivity index (χ3n) is 3.00. The molecule has 0 aliphatic heterocycles. The third-order valence-corrected chi connectivity index (χ3v) is 3.62. The number of amides is 1. The molecule has 0 saturated carbocycles. The summed E-state index contributed by atoms with van der Waals surface area (Å²) in [4.78, 5) is 12.2. The molecular formula is C17H15BrF3NO2. The number of ether oxygens (including phenoxy) is 1. The highest BCUT2D eigenvalue weighted by molar-refractivity contribution is 9.10. The van der Waals surface area contributed by atoms with Crippen LogP contribution in [0.3, 0.4) is 0 Å². The van der Waals surface area contributed by atoms with Crippen LogP contribution < -0.4 is 10.1 Å². The second-order valence-electron chi connectivity index (χ2n) is 5.34. The van der Waals surface area contributed by atoms with Gasteiger partial charge < -0.3 is 10.1 Å². The van der Waals surface area contributed by atoms with Crippen LogP contribution in [-0.4, -0.2) is 12.0 Å². The molecule has 0 fully saturated rings. The molecule has 0 bridgehead atoms. The van der Waals surface area contributed by atoms with Crippen molar-refractivity contribution < 1.29 is 22.7 Å². The van der Waals surface area contributed by atoms with Crippen molar-refractivity contribution in [3.05, 3.63) is 58.1 Å². The molecule has 0 aliphatic carbocycles. The Bertz CT molecular complexity index is 745. The second-order valence-corrected chi connectivity index (χ2v) is 6.20. The molecule has 2 rings (SSSR count). The zero-order valence-corrected chi connectivity index (χ0v) is 14.5. The van der Waals surface area contributed by atoms with Gasteiger partial charge in [-0.1, -0.05) is 6.07 Å². The van der Waals surface area contributed by atoms with Gasteiger partial charge in [-0.2, -0.15) is 13.2 Å². The van der Waals surface area contributed by atoms with Crippen molar-refractivity contribution >= 4 is 27.5 Å². The Balaban J connectivity index is 2.17. The van der Waals surface area contributed by atoms with E-state index in [-0.39, 0.29) is 11.8 Å². The summed E-state index contributed by atoms with van der Waals surface area (Å²) < 4.78 is 44.2. The van der Waals surface area contributed by atoms with Gasteiger partial charge in [0.15, 0.2) is 0 Å². The summed E-state index contributed by atoms with van der Waals surface area (Å²) in [5.41, 5.74) is -0.439. The van der Waals surface area contributed by atoms with Crippen molar-refractivity contribution in [2.24, 2.45) is 0 Å². The van der Waals surface area contributed by atoms with Gasteiger partial charge in [0.2, 0.25) is 0 Å². The highest BCUT2D eigenvalue weighted by Gasteiger charge is 2.30. The van der Waals surface area contributed by atoms with E-state index in [2.05, 4.69) is 21.2 Å². The van der Waals surface area contributed by atoms with E-state index in [1.807, 2.05) is 13.8 Å². The smallest absolute Gasteiger partial charge is 0.416 e. The third kappa shape index (κ3) is 4.74. The number of rotatable bonds is 4. The van der Waals surface area contributed by atoms with Crippen LogP contribution in [0.15, 0.2) is 46.9 Å². The largest absolute Gasteiger partial charge is 0.490 e. The van der Waals surface area contributed by atoms with Crippen molar-refractivity contribution in [3.8, 4) is 5.75 Å². The Labute approximate surface area is 146 Å². The van der Waals surface area contributed by atoms with Crippen LogP contribution in [0, 0.1) is 0 Å². The molecule has 2 aromatic rings. The van der Waals surface area contributed by atoms with Crippen molar-refractivity contribution in [1.82, 2.24) is 0 Å². The highest BCUT2D eigenvalue weighted by atomic mass is 79.9. The van der Waals surface area contributed by atoms with Crippen LogP contribution in [0.5, 0.6) is 5.75 Å². The summed E-state index contributed by atoms with van der Waals surface area (Å²) in [6, 6.07) is 9.22. The second kappa shape index (κ2) is 7.25. The maximum Gasteiger partial charge on any atom is 0.416 e. The van der Waals surface area contributed by atoms with E-state index in [1.54, 1.807) is 18.2 Å². The molecule has 3 nitrogen and oxygen atoms in total. The van der Waals surface area contributed by atoms with Gasteiger partial charge >= 0.3 is 6.18 Å². The van der Waals surface area contributed by atoms with Gasteiger partial charge in [-0.3, -0.25) is 4.79 Å². The maximum absolute atomic E-state index is 12.7. The number of anilines is 1. The van der Waals surface area contributed by atoms with Crippen molar-refractivity contribution in [2.45, 2.75) is 26.1 Å². The Hall–Kier alpha value is -2.02. The van der Waals surface area contributed by atoms with Crippen molar-refractivity contribution in [2.75, 3.05) is 5.32 Å². The number of alkyl halides is 3. The van der Waals surface area contributed by atoms with E-state index >= 15 is 0 Å². The average molecular weight is 402 g/mol. The molecule has 0 spiro atoms. The van der Waals surface area contributed by atoms with Crippen LogP contribution in [0.25, 0.3) is 0 Å². The summed E-state index contributed by atoms with van der Waals surface area (Å²) in [5, 5.41) is 2.46. The number of hydrogen-bond acceptors (Lipinski definition) is 2. The monoisotopic (exact) mass is 401 g/mol. The molecule has 0 radical (unpaired) electrons. The Morgan fingerprint density at radius 3 is 2.46 bits per heavy atom. The molecule has 1 amide bonds. The fourth-order valence-corrected chi connectivity index (χ4v) is 2.44.